The van der Waals surface area contributed by atoms with Gasteiger partial charge in [0.15, 0.2) is 0 Å². The fourth-order valence-electron chi connectivity index (χ4n) is 3.64. The number of nitrogens with zero attached hydrogens (tertiary/aromatic N) is 1. The molecule has 0 saturated heterocycles. The van der Waals surface area contributed by atoms with E-state index in [4.69, 9.17) is 31.5 Å². The Kier molecular flexibility index (Phi) is 10.8. The molecule has 1 atom stereocenters. The topological polar surface area (TPSA) is 149 Å². The van der Waals surface area contributed by atoms with Crippen LogP contribution < -0.4 is 16.4 Å². The molecule has 12 heteroatoms. The Morgan fingerprint density at radius 1 is 1.17 bits per heavy atom. The molecule has 36 heavy (non-hydrogen) atoms. The highest BCUT2D eigenvalue weighted by atomic mass is 35.5. The number of urea groups is 1. The molecule has 0 aliphatic carbocycles. The van der Waals surface area contributed by atoms with E-state index in [0.717, 1.165) is 0 Å². The Balaban J connectivity index is 2.33. The highest BCUT2D eigenvalue weighted by molar-refractivity contribution is 6.31. The van der Waals surface area contributed by atoms with Gasteiger partial charge in [0.1, 0.15) is 0 Å². The number of nitrogens with two attached hydrogens (primary N) is 1. The molecule has 4 N–H and O–H groups in total. The number of dihydropyridines is 1. The molecule has 0 fully saturated rings. The first-order valence-electron chi connectivity index (χ1n) is 11.2. The summed E-state index contributed by atoms with van der Waals surface area (Å²) >= 11 is 6.48. The van der Waals surface area contributed by atoms with Crippen LogP contribution in [-0.4, -0.2) is 75.8 Å². The summed E-state index contributed by atoms with van der Waals surface area (Å²) in [5.41, 5.74) is 6.82. The van der Waals surface area contributed by atoms with Crippen molar-refractivity contribution in [3.8, 4) is 0 Å². The number of primary amides is 1. The van der Waals surface area contributed by atoms with Crippen LogP contribution in [-0.2, 0) is 28.6 Å². The van der Waals surface area contributed by atoms with Gasteiger partial charge in [-0.3, -0.25) is 4.79 Å². The normalized spacial score (nSPS) is 15.2. The molecule has 0 saturated carbocycles. The predicted molar refractivity (Wildman–Crippen MR) is 132 cm³/mol. The Bertz CT molecular complexity index is 1070. The zero-order valence-electron chi connectivity index (χ0n) is 20.7. The van der Waals surface area contributed by atoms with Gasteiger partial charge in [0, 0.05) is 24.3 Å². The van der Waals surface area contributed by atoms with Gasteiger partial charge in [0.25, 0.3) is 0 Å². The number of amides is 3. The number of likely N-dealkylation sites (N-methyl/N-ethyl adjacent to an activating group) is 1. The molecule has 3 amide bonds. The second kappa shape index (κ2) is 13.5. The van der Waals surface area contributed by atoms with Gasteiger partial charge in [-0.1, -0.05) is 29.8 Å². The number of methoxy groups -OCH3 is 1. The van der Waals surface area contributed by atoms with Crippen molar-refractivity contribution in [1.29, 1.82) is 0 Å². The van der Waals surface area contributed by atoms with E-state index < -0.39 is 29.8 Å². The third-order valence-electron chi connectivity index (χ3n) is 5.34. The summed E-state index contributed by atoms with van der Waals surface area (Å²) in [5.74, 6) is -2.76. The number of esters is 2. The molecular weight excluding hydrogens is 492 g/mol. The molecule has 1 aromatic rings. The zero-order chi connectivity index (χ0) is 26.8. The number of nitrogens with one attached hydrogen (secondary N) is 2. The molecule has 0 radical (unpaired) electrons. The highest BCUT2D eigenvalue weighted by Gasteiger charge is 2.39. The van der Waals surface area contributed by atoms with Crippen LogP contribution in [0, 0.1) is 0 Å². The van der Waals surface area contributed by atoms with Crippen LogP contribution in [0.4, 0.5) is 4.79 Å². The summed E-state index contributed by atoms with van der Waals surface area (Å²) in [7, 11) is 2.79. The van der Waals surface area contributed by atoms with Crippen LogP contribution in [0.25, 0.3) is 0 Å². The van der Waals surface area contributed by atoms with E-state index in [0.29, 0.717) is 22.0 Å². The van der Waals surface area contributed by atoms with Crippen LogP contribution in [0.5, 0.6) is 0 Å². The number of ether oxygens (including phenoxy) is 3. The molecular formula is C24H31ClN4O7. The van der Waals surface area contributed by atoms with Crippen LogP contribution in [0.15, 0.2) is 46.8 Å². The number of rotatable bonds is 11. The maximum atomic E-state index is 13.1. The highest BCUT2D eigenvalue weighted by Crippen LogP contribution is 2.41. The molecule has 1 aromatic carbocycles. The van der Waals surface area contributed by atoms with Gasteiger partial charge < -0.3 is 35.5 Å². The number of halogens is 1. The summed E-state index contributed by atoms with van der Waals surface area (Å²) in [4.78, 5) is 50.0. The fraction of sp³-hybridized carbons (Fsp3) is 0.417. The fourth-order valence-corrected chi connectivity index (χ4v) is 3.88. The quantitative estimate of drug-likeness (QED) is 0.292. The lowest BCUT2D eigenvalue weighted by Gasteiger charge is -2.31. The molecule has 196 valence electrons. The number of hydrogen-bond acceptors (Lipinski definition) is 8. The lowest BCUT2D eigenvalue weighted by atomic mass is 9.80. The first-order valence-corrected chi connectivity index (χ1v) is 11.6. The lowest BCUT2D eigenvalue weighted by Crippen LogP contribution is -2.42. The summed E-state index contributed by atoms with van der Waals surface area (Å²) in [6, 6.07) is 6.41. The minimum Gasteiger partial charge on any atom is -0.466 e. The third-order valence-corrected chi connectivity index (χ3v) is 5.68. The molecule has 1 aliphatic rings. The van der Waals surface area contributed by atoms with Gasteiger partial charge in [-0.2, -0.15) is 0 Å². The first kappa shape index (κ1) is 28.7. The second-order valence-corrected chi connectivity index (χ2v) is 8.23. The Labute approximate surface area is 214 Å². The van der Waals surface area contributed by atoms with Crippen LogP contribution in [0.1, 0.15) is 25.3 Å². The predicted octanol–water partition coefficient (Wildman–Crippen LogP) is 1.43. The molecule has 0 bridgehead atoms. The lowest BCUT2D eigenvalue weighted by molar-refractivity contribution is -0.139. The number of carbonyl (C=O) groups excluding carboxylic acids is 4. The van der Waals surface area contributed by atoms with E-state index in [-0.39, 0.29) is 44.1 Å². The van der Waals surface area contributed by atoms with Gasteiger partial charge in [-0.25, -0.2) is 14.4 Å². The minimum absolute atomic E-state index is 0.0440. The Morgan fingerprint density at radius 3 is 2.47 bits per heavy atom. The zero-order valence-corrected chi connectivity index (χ0v) is 21.4. The van der Waals surface area contributed by atoms with Gasteiger partial charge in [0.2, 0.25) is 5.91 Å². The average molecular weight is 523 g/mol. The SMILES string of the molecule is CCOC(=O)C1=C(COCCN(C)C(=O)NCC(N)=O)NC(C)=C(C(=O)OC)C1c1ccccc1Cl. The van der Waals surface area contributed by atoms with E-state index >= 15 is 0 Å². The largest absolute Gasteiger partial charge is 0.466 e. The monoisotopic (exact) mass is 522 g/mol. The molecule has 0 spiro atoms. The van der Waals surface area contributed by atoms with Gasteiger partial charge >= 0.3 is 18.0 Å². The number of hydrogen-bond donors (Lipinski definition) is 3. The van der Waals surface area contributed by atoms with E-state index in [2.05, 4.69) is 10.6 Å². The molecule has 0 aromatic heterocycles. The molecule has 2 rings (SSSR count). The maximum absolute atomic E-state index is 13.1. The van der Waals surface area contributed by atoms with Crippen molar-refractivity contribution in [2.45, 2.75) is 19.8 Å². The van der Waals surface area contributed by atoms with E-state index in [1.807, 2.05) is 0 Å². The van der Waals surface area contributed by atoms with E-state index in [1.165, 1.54) is 19.1 Å². The summed E-state index contributed by atoms with van der Waals surface area (Å²) in [6.45, 7) is 3.48. The number of carbonyl (C=O) groups is 4. The van der Waals surface area contributed by atoms with Crippen molar-refractivity contribution >= 4 is 35.5 Å². The van der Waals surface area contributed by atoms with Gasteiger partial charge in [0.05, 0.1) is 56.2 Å². The van der Waals surface area contributed by atoms with Crippen molar-refractivity contribution < 1.29 is 33.4 Å². The molecule has 11 nitrogen and oxygen atoms in total. The minimum atomic E-state index is -0.854. The summed E-state index contributed by atoms with van der Waals surface area (Å²) in [6.07, 6.45) is 0. The summed E-state index contributed by atoms with van der Waals surface area (Å²) in [5, 5.41) is 5.82. The van der Waals surface area contributed by atoms with Crippen LogP contribution in [0.2, 0.25) is 5.02 Å². The molecule has 1 aliphatic heterocycles. The van der Waals surface area contributed by atoms with Crippen molar-refractivity contribution in [1.82, 2.24) is 15.5 Å². The smallest absolute Gasteiger partial charge is 0.336 e. The molecule has 1 unspecified atom stereocenters. The summed E-state index contributed by atoms with van der Waals surface area (Å²) < 4.78 is 16.1. The average Bonchev–Trinajstić information content (AvgIpc) is 2.84. The van der Waals surface area contributed by atoms with Gasteiger partial charge in [-0.05, 0) is 25.5 Å². The third kappa shape index (κ3) is 7.22. The van der Waals surface area contributed by atoms with Crippen molar-refractivity contribution in [2.75, 3.05) is 47.1 Å². The van der Waals surface area contributed by atoms with Crippen LogP contribution in [0.3, 0.4) is 0 Å². The molecule has 1 heterocycles. The van der Waals surface area contributed by atoms with E-state index in [9.17, 15) is 19.2 Å². The van der Waals surface area contributed by atoms with Crippen molar-refractivity contribution in [2.24, 2.45) is 5.73 Å². The maximum Gasteiger partial charge on any atom is 0.336 e. The van der Waals surface area contributed by atoms with Crippen LogP contribution >= 0.6 is 11.6 Å². The standard InChI is InChI=1S/C24H31ClN4O7/c1-5-36-23(32)21-17(13-35-11-10-29(3)24(33)27-12-18(26)30)28-14(2)19(22(31)34-4)20(21)15-8-6-7-9-16(15)25/h6-9,20,28H,5,10-13H2,1-4H3,(H2,26,30)(H,27,33). The number of allylic oxidation sites excluding steroid dienone is 1. The number of benzene rings is 1. The van der Waals surface area contributed by atoms with E-state index in [1.54, 1.807) is 38.1 Å². The Hall–Kier alpha value is -3.57. The van der Waals surface area contributed by atoms with Crippen molar-refractivity contribution in [3.05, 3.63) is 57.4 Å². The first-order chi connectivity index (χ1) is 17.1. The Morgan fingerprint density at radius 2 is 1.86 bits per heavy atom. The van der Waals surface area contributed by atoms with Crippen molar-refractivity contribution in [3.63, 3.8) is 0 Å². The second-order valence-electron chi connectivity index (χ2n) is 7.82. The van der Waals surface area contributed by atoms with Gasteiger partial charge in [-0.15, -0.1) is 0 Å².